The molecule has 0 atom stereocenters. The molecule has 2 rings (SSSR count). The van der Waals surface area contributed by atoms with Crippen molar-refractivity contribution in [1.29, 1.82) is 0 Å². The van der Waals surface area contributed by atoms with Crippen LogP contribution in [0.4, 0.5) is 5.69 Å². The van der Waals surface area contributed by atoms with Crippen LogP contribution in [0.1, 0.15) is 20.7 Å². The summed E-state index contributed by atoms with van der Waals surface area (Å²) in [5.74, 6) is -1.91. The number of methoxy groups -OCH3 is 1. The van der Waals surface area contributed by atoms with Crippen molar-refractivity contribution in [3.05, 3.63) is 64.1 Å². The lowest BCUT2D eigenvalue weighted by Gasteiger charge is -2.09. The predicted octanol–water partition coefficient (Wildman–Crippen LogP) is 3.03. The summed E-state index contributed by atoms with van der Waals surface area (Å²) in [5, 5.41) is 2.60. The second-order valence-corrected chi connectivity index (χ2v) is 5.58. The van der Waals surface area contributed by atoms with Gasteiger partial charge in [-0.25, -0.2) is 9.59 Å². The molecule has 0 bridgehead atoms. The van der Waals surface area contributed by atoms with Crippen LogP contribution in [-0.4, -0.2) is 31.6 Å². The molecule has 0 radical (unpaired) electrons. The van der Waals surface area contributed by atoms with Crippen LogP contribution in [0.25, 0.3) is 0 Å². The third-order valence-electron chi connectivity index (χ3n) is 3.01. The summed E-state index contributed by atoms with van der Waals surface area (Å²) in [6.07, 6.45) is 0. The van der Waals surface area contributed by atoms with Crippen LogP contribution in [0.15, 0.2) is 53.0 Å². The minimum Gasteiger partial charge on any atom is -0.465 e. The first-order valence-electron chi connectivity index (χ1n) is 6.91. The Morgan fingerprint density at radius 3 is 2.12 bits per heavy atom. The number of ether oxygens (including phenoxy) is 2. The van der Waals surface area contributed by atoms with Crippen LogP contribution in [0.5, 0.6) is 0 Å². The Morgan fingerprint density at radius 1 is 0.958 bits per heavy atom. The first-order valence-corrected chi connectivity index (χ1v) is 7.70. The van der Waals surface area contributed by atoms with Gasteiger partial charge in [0.1, 0.15) is 0 Å². The third kappa shape index (κ3) is 4.66. The van der Waals surface area contributed by atoms with Crippen LogP contribution in [-0.2, 0) is 14.3 Å². The first-order chi connectivity index (χ1) is 11.5. The molecule has 0 fully saturated rings. The van der Waals surface area contributed by atoms with Gasteiger partial charge in [-0.15, -0.1) is 0 Å². The Hall–Kier alpha value is -2.67. The summed E-state index contributed by atoms with van der Waals surface area (Å²) in [6.45, 7) is -0.468. The van der Waals surface area contributed by atoms with E-state index in [0.29, 0.717) is 5.69 Å². The molecule has 1 amide bonds. The Labute approximate surface area is 146 Å². The van der Waals surface area contributed by atoms with Gasteiger partial charge in [-0.1, -0.05) is 28.1 Å². The second kappa shape index (κ2) is 8.26. The monoisotopic (exact) mass is 391 g/mol. The molecule has 0 aromatic heterocycles. The summed E-state index contributed by atoms with van der Waals surface area (Å²) in [5.41, 5.74) is 0.702. The van der Waals surface area contributed by atoms with Gasteiger partial charge in [-0.2, -0.15) is 0 Å². The van der Waals surface area contributed by atoms with E-state index in [2.05, 4.69) is 26.0 Å². The molecule has 24 heavy (non-hydrogen) atoms. The number of benzene rings is 2. The van der Waals surface area contributed by atoms with Gasteiger partial charge in [0.25, 0.3) is 5.91 Å². The van der Waals surface area contributed by atoms with Gasteiger partial charge in [0.2, 0.25) is 0 Å². The average molecular weight is 392 g/mol. The van der Waals surface area contributed by atoms with Gasteiger partial charge in [-0.3, -0.25) is 4.79 Å². The molecule has 2 aromatic carbocycles. The summed E-state index contributed by atoms with van der Waals surface area (Å²) < 4.78 is 10.4. The van der Waals surface area contributed by atoms with Crippen LogP contribution in [0.3, 0.4) is 0 Å². The van der Waals surface area contributed by atoms with Crippen molar-refractivity contribution >= 4 is 39.5 Å². The van der Waals surface area contributed by atoms with E-state index in [9.17, 15) is 14.4 Å². The number of nitrogens with one attached hydrogen (secondary N) is 1. The molecule has 0 saturated carbocycles. The number of hydrogen-bond donors (Lipinski definition) is 1. The number of esters is 2. The fourth-order valence-corrected chi connectivity index (χ4v) is 2.15. The highest BCUT2D eigenvalue weighted by Crippen LogP contribution is 2.14. The van der Waals surface area contributed by atoms with Gasteiger partial charge in [0.15, 0.2) is 6.61 Å². The molecule has 0 spiro atoms. The molecular weight excluding hydrogens is 378 g/mol. The van der Waals surface area contributed by atoms with Gasteiger partial charge < -0.3 is 14.8 Å². The molecule has 0 aliphatic carbocycles. The highest BCUT2D eigenvalue weighted by Gasteiger charge is 2.19. The average Bonchev–Trinajstić information content (AvgIpc) is 2.61. The van der Waals surface area contributed by atoms with E-state index in [-0.39, 0.29) is 11.1 Å². The number of rotatable bonds is 5. The van der Waals surface area contributed by atoms with Crippen molar-refractivity contribution in [1.82, 2.24) is 0 Å². The molecule has 0 saturated heterocycles. The Balaban J connectivity index is 1.97. The molecule has 0 aliphatic heterocycles. The summed E-state index contributed by atoms with van der Waals surface area (Å²) in [7, 11) is 1.22. The van der Waals surface area contributed by atoms with Crippen LogP contribution < -0.4 is 5.32 Å². The molecule has 1 N–H and O–H groups in total. The smallest absolute Gasteiger partial charge is 0.339 e. The SMILES string of the molecule is COC(=O)c1ccccc1C(=O)OCC(=O)Nc1ccc(Br)cc1. The number of hydrogen-bond acceptors (Lipinski definition) is 5. The maximum absolute atomic E-state index is 12.1. The number of amides is 1. The highest BCUT2D eigenvalue weighted by molar-refractivity contribution is 9.10. The fourth-order valence-electron chi connectivity index (χ4n) is 1.89. The topological polar surface area (TPSA) is 81.7 Å². The first kappa shape index (κ1) is 17.7. The standard InChI is InChI=1S/C17H14BrNO5/c1-23-16(21)13-4-2-3-5-14(13)17(22)24-10-15(20)19-12-8-6-11(18)7-9-12/h2-9H,10H2,1H3,(H,19,20). The minimum absolute atomic E-state index is 0.0424. The molecule has 0 heterocycles. The zero-order valence-corrected chi connectivity index (χ0v) is 14.3. The lowest BCUT2D eigenvalue weighted by Crippen LogP contribution is -2.22. The van der Waals surface area contributed by atoms with Crippen LogP contribution >= 0.6 is 15.9 Å². The molecule has 7 heteroatoms. The molecule has 0 aliphatic rings. The van der Waals surface area contributed by atoms with Crippen molar-refractivity contribution in [3.63, 3.8) is 0 Å². The summed E-state index contributed by atoms with van der Waals surface area (Å²) in [6, 6.07) is 13.0. The Kier molecular flexibility index (Phi) is 6.08. The maximum Gasteiger partial charge on any atom is 0.339 e. The highest BCUT2D eigenvalue weighted by atomic mass is 79.9. The van der Waals surface area contributed by atoms with Gasteiger partial charge >= 0.3 is 11.9 Å². The lowest BCUT2D eigenvalue weighted by molar-refractivity contribution is -0.119. The van der Waals surface area contributed by atoms with E-state index in [1.165, 1.54) is 19.2 Å². The Bertz CT molecular complexity index is 758. The van der Waals surface area contributed by atoms with E-state index in [1.54, 1.807) is 36.4 Å². The van der Waals surface area contributed by atoms with Crippen molar-refractivity contribution in [2.75, 3.05) is 19.0 Å². The molecule has 124 valence electrons. The summed E-state index contributed by atoms with van der Waals surface area (Å²) >= 11 is 3.29. The number of halogens is 1. The van der Waals surface area contributed by atoms with Gasteiger partial charge in [0, 0.05) is 10.2 Å². The van der Waals surface area contributed by atoms with Crippen molar-refractivity contribution in [2.24, 2.45) is 0 Å². The lowest BCUT2D eigenvalue weighted by atomic mass is 10.1. The van der Waals surface area contributed by atoms with Crippen molar-refractivity contribution in [2.45, 2.75) is 0 Å². The maximum atomic E-state index is 12.1. The zero-order chi connectivity index (χ0) is 17.5. The Morgan fingerprint density at radius 2 is 1.54 bits per heavy atom. The van der Waals surface area contributed by atoms with E-state index >= 15 is 0 Å². The molecule has 0 unspecified atom stereocenters. The van der Waals surface area contributed by atoms with Gasteiger partial charge in [0.05, 0.1) is 18.2 Å². The predicted molar refractivity (Wildman–Crippen MR) is 90.8 cm³/mol. The quantitative estimate of drug-likeness (QED) is 0.792. The van der Waals surface area contributed by atoms with Crippen molar-refractivity contribution in [3.8, 4) is 0 Å². The van der Waals surface area contributed by atoms with E-state index in [1.807, 2.05) is 0 Å². The normalized spacial score (nSPS) is 9.92. The van der Waals surface area contributed by atoms with E-state index in [0.717, 1.165) is 4.47 Å². The van der Waals surface area contributed by atoms with Crippen LogP contribution in [0, 0.1) is 0 Å². The van der Waals surface area contributed by atoms with E-state index in [4.69, 9.17) is 4.74 Å². The molecule has 2 aromatic rings. The largest absolute Gasteiger partial charge is 0.465 e. The second-order valence-electron chi connectivity index (χ2n) is 4.67. The van der Waals surface area contributed by atoms with Crippen molar-refractivity contribution < 1.29 is 23.9 Å². The number of carbonyl (C=O) groups excluding carboxylic acids is 3. The number of carbonyl (C=O) groups is 3. The van der Waals surface area contributed by atoms with Crippen LogP contribution in [0.2, 0.25) is 0 Å². The molecule has 6 nitrogen and oxygen atoms in total. The van der Waals surface area contributed by atoms with Gasteiger partial charge in [-0.05, 0) is 36.4 Å². The fraction of sp³-hybridized carbons (Fsp3) is 0.118. The number of anilines is 1. The molecular formula is C17H14BrNO5. The zero-order valence-electron chi connectivity index (χ0n) is 12.7. The third-order valence-corrected chi connectivity index (χ3v) is 3.54. The minimum atomic E-state index is -0.776. The summed E-state index contributed by atoms with van der Waals surface area (Å²) in [4.78, 5) is 35.5. The van der Waals surface area contributed by atoms with E-state index < -0.39 is 24.5 Å².